The Morgan fingerprint density at radius 3 is 2.59 bits per heavy atom. The highest BCUT2D eigenvalue weighted by Crippen LogP contribution is 2.32. The molecule has 1 aliphatic rings. The van der Waals surface area contributed by atoms with E-state index in [-0.39, 0.29) is 0 Å². The summed E-state index contributed by atoms with van der Waals surface area (Å²) in [5, 5.41) is 4.17. The number of methoxy groups -OCH3 is 2. The Kier molecular flexibility index (Phi) is 5.29. The van der Waals surface area contributed by atoms with E-state index in [1.54, 1.807) is 14.2 Å². The Labute approximate surface area is 170 Å². The molecule has 0 N–H and O–H groups in total. The molecule has 0 unspecified atom stereocenters. The van der Waals surface area contributed by atoms with Gasteiger partial charge in [-0.15, -0.1) is 0 Å². The second-order valence-electron chi connectivity index (χ2n) is 7.30. The lowest BCUT2D eigenvalue weighted by molar-refractivity contribution is 0.355. The van der Waals surface area contributed by atoms with Gasteiger partial charge in [0.15, 0.2) is 11.5 Å². The summed E-state index contributed by atoms with van der Waals surface area (Å²) in [5.41, 5.74) is 3.35. The second kappa shape index (κ2) is 8.03. The molecular weight excluding hydrogens is 368 g/mol. The predicted molar refractivity (Wildman–Crippen MR) is 113 cm³/mol. The Morgan fingerprint density at radius 1 is 1.03 bits per heavy atom. The van der Waals surface area contributed by atoms with Crippen molar-refractivity contribution >= 4 is 11.7 Å². The van der Waals surface area contributed by atoms with Gasteiger partial charge in [-0.25, -0.2) is 0 Å². The zero-order chi connectivity index (χ0) is 20.4. The number of anilines is 2. The van der Waals surface area contributed by atoms with Gasteiger partial charge in [-0.2, -0.15) is 4.98 Å². The van der Waals surface area contributed by atoms with Gasteiger partial charge in [-0.1, -0.05) is 17.3 Å². The van der Waals surface area contributed by atoms with Crippen LogP contribution in [0.15, 0.2) is 47.0 Å². The SMILES string of the molecule is COc1ccc(-c2noc(N3CCN(c4cccc(C)c4)[C@H](C)C3)n2)cc1OC. The summed E-state index contributed by atoms with van der Waals surface area (Å²) in [6.07, 6.45) is 0. The quantitative estimate of drug-likeness (QED) is 0.652. The van der Waals surface area contributed by atoms with Crippen LogP contribution in [-0.4, -0.2) is 50.0 Å². The van der Waals surface area contributed by atoms with Crippen LogP contribution in [0.3, 0.4) is 0 Å². The molecule has 0 bridgehead atoms. The average Bonchev–Trinajstić information content (AvgIpc) is 3.23. The molecule has 2 aromatic carbocycles. The Bertz CT molecular complexity index is 988. The maximum absolute atomic E-state index is 5.57. The average molecular weight is 394 g/mol. The minimum atomic E-state index is 0.335. The summed E-state index contributed by atoms with van der Waals surface area (Å²) in [6, 6.07) is 15.1. The highest BCUT2D eigenvalue weighted by Gasteiger charge is 2.27. The first-order chi connectivity index (χ1) is 14.1. The third-order valence-electron chi connectivity index (χ3n) is 5.29. The Hall–Kier alpha value is -3.22. The van der Waals surface area contributed by atoms with Crippen molar-refractivity contribution in [2.45, 2.75) is 19.9 Å². The molecule has 1 saturated heterocycles. The first-order valence-electron chi connectivity index (χ1n) is 9.73. The summed E-state index contributed by atoms with van der Waals surface area (Å²) in [7, 11) is 3.22. The van der Waals surface area contributed by atoms with E-state index in [1.165, 1.54) is 11.3 Å². The van der Waals surface area contributed by atoms with Gasteiger partial charge in [0.1, 0.15) is 0 Å². The van der Waals surface area contributed by atoms with E-state index >= 15 is 0 Å². The number of hydrogen-bond acceptors (Lipinski definition) is 7. The minimum Gasteiger partial charge on any atom is -0.493 e. The molecule has 1 fully saturated rings. The van der Waals surface area contributed by atoms with Crippen molar-refractivity contribution in [3.8, 4) is 22.9 Å². The van der Waals surface area contributed by atoms with E-state index < -0.39 is 0 Å². The minimum absolute atomic E-state index is 0.335. The van der Waals surface area contributed by atoms with Crippen molar-refractivity contribution in [3.63, 3.8) is 0 Å². The number of rotatable bonds is 5. The maximum atomic E-state index is 5.57. The first-order valence-corrected chi connectivity index (χ1v) is 9.73. The second-order valence-corrected chi connectivity index (χ2v) is 7.30. The Morgan fingerprint density at radius 2 is 1.86 bits per heavy atom. The smallest absolute Gasteiger partial charge is 0.324 e. The molecule has 0 saturated carbocycles. The summed E-state index contributed by atoms with van der Waals surface area (Å²) < 4.78 is 16.2. The van der Waals surface area contributed by atoms with Crippen LogP contribution in [0.1, 0.15) is 12.5 Å². The van der Waals surface area contributed by atoms with Crippen LogP contribution in [0.2, 0.25) is 0 Å². The molecule has 152 valence electrons. The van der Waals surface area contributed by atoms with Crippen LogP contribution in [-0.2, 0) is 0 Å². The molecule has 29 heavy (non-hydrogen) atoms. The summed E-state index contributed by atoms with van der Waals surface area (Å²) in [5.74, 6) is 1.84. The fraction of sp³-hybridized carbons (Fsp3) is 0.364. The largest absolute Gasteiger partial charge is 0.493 e. The lowest BCUT2D eigenvalue weighted by atomic mass is 10.1. The van der Waals surface area contributed by atoms with E-state index in [2.05, 4.69) is 58.1 Å². The van der Waals surface area contributed by atoms with Crippen molar-refractivity contribution in [2.75, 3.05) is 43.7 Å². The zero-order valence-electron chi connectivity index (χ0n) is 17.3. The summed E-state index contributed by atoms with van der Waals surface area (Å²) in [6.45, 7) is 6.89. The number of hydrogen-bond donors (Lipinski definition) is 0. The molecule has 4 rings (SSSR count). The molecule has 1 atom stereocenters. The predicted octanol–water partition coefficient (Wildman–Crippen LogP) is 3.78. The highest BCUT2D eigenvalue weighted by atomic mass is 16.5. The van der Waals surface area contributed by atoms with Gasteiger partial charge in [0.25, 0.3) is 0 Å². The molecule has 0 spiro atoms. The van der Waals surface area contributed by atoms with E-state index in [1.807, 2.05) is 18.2 Å². The van der Waals surface area contributed by atoms with Crippen molar-refractivity contribution < 1.29 is 14.0 Å². The number of benzene rings is 2. The van der Waals surface area contributed by atoms with E-state index in [9.17, 15) is 0 Å². The zero-order valence-corrected chi connectivity index (χ0v) is 17.3. The third kappa shape index (κ3) is 3.85. The number of aryl methyl sites for hydroxylation is 1. The molecule has 7 heteroatoms. The highest BCUT2D eigenvalue weighted by molar-refractivity contribution is 5.61. The molecule has 2 heterocycles. The first kappa shape index (κ1) is 19.1. The fourth-order valence-electron chi connectivity index (χ4n) is 3.76. The van der Waals surface area contributed by atoms with Gasteiger partial charge in [0.05, 0.1) is 14.2 Å². The standard InChI is InChI=1S/C22H26N4O3/c1-15-6-5-7-18(12-15)26-11-10-25(14-16(26)2)22-23-21(24-29-22)17-8-9-19(27-3)20(13-17)28-4/h5-9,12-13,16H,10-11,14H2,1-4H3/t16-/m1/s1. The van der Waals surface area contributed by atoms with Crippen LogP contribution < -0.4 is 19.3 Å². The van der Waals surface area contributed by atoms with Crippen molar-refractivity contribution in [3.05, 3.63) is 48.0 Å². The molecule has 0 amide bonds. The topological polar surface area (TPSA) is 63.9 Å². The molecule has 7 nitrogen and oxygen atoms in total. The van der Waals surface area contributed by atoms with Gasteiger partial charge in [0, 0.05) is 36.9 Å². The lowest BCUT2D eigenvalue weighted by Gasteiger charge is -2.40. The number of ether oxygens (including phenoxy) is 2. The normalized spacial score (nSPS) is 16.8. The van der Waals surface area contributed by atoms with Gasteiger partial charge in [-0.3, -0.25) is 0 Å². The Balaban J connectivity index is 1.49. The van der Waals surface area contributed by atoms with Crippen molar-refractivity contribution in [1.82, 2.24) is 10.1 Å². The number of aromatic nitrogens is 2. The van der Waals surface area contributed by atoms with Crippen LogP contribution in [0.25, 0.3) is 11.4 Å². The van der Waals surface area contributed by atoms with E-state index in [4.69, 9.17) is 14.0 Å². The van der Waals surface area contributed by atoms with Gasteiger partial charge >= 0.3 is 6.01 Å². The molecular formula is C22H26N4O3. The molecule has 1 aromatic heterocycles. The van der Waals surface area contributed by atoms with Gasteiger partial charge in [-0.05, 0) is 49.7 Å². The van der Waals surface area contributed by atoms with Crippen molar-refractivity contribution in [2.24, 2.45) is 0 Å². The monoisotopic (exact) mass is 394 g/mol. The third-order valence-corrected chi connectivity index (χ3v) is 5.29. The van der Waals surface area contributed by atoms with Crippen LogP contribution in [0.4, 0.5) is 11.7 Å². The van der Waals surface area contributed by atoms with E-state index in [0.717, 1.165) is 25.2 Å². The van der Waals surface area contributed by atoms with Gasteiger partial charge < -0.3 is 23.8 Å². The lowest BCUT2D eigenvalue weighted by Crippen LogP contribution is -2.52. The maximum Gasteiger partial charge on any atom is 0.324 e. The molecule has 1 aliphatic heterocycles. The molecule has 0 aliphatic carbocycles. The fourth-order valence-corrected chi connectivity index (χ4v) is 3.76. The van der Waals surface area contributed by atoms with Crippen LogP contribution >= 0.6 is 0 Å². The number of piperazine rings is 1. The molecule has 0 radical (unpaired) electrons. The van der Waals surface area contributed by atoms with Crippen LogP contribution in [0.5, 0.6) is 11.5 Å². The van der Waals surface area contributed by atoms with E-state index in [0.29, 0.717) is 29.4 Å². The summed E-state index contributed by atoms with van der Waals surface area (Å²) in [4.78, 5) is 9.19. The summed E-state index contributed by atoms with van der Waals surface area (Å²) >= 11 is 0. The van der Waals surface area contributed by atoms with Gasteiger partial charge in [0.2, 0.25) is 5.82 Å². The van der Waals surface area contributed by atoms with Crippen molar-refractivity contribution in [1.29, 1.82) is 0 Å². The number of nitrogens with zero attached hydrogens (tertiary/aromatic N) is 4. The van der Waals surface area contributed by atoms with Crippen LogP contribution in [0, 0.1) is 6.92 Å². The molecule has 3 aromatic rings.